The molecule has 0 aliphatic heterocycles. The van der Waals surface area contributed by atoms with Crippen molar-refractivity contribution in [3.8, 4) is 33.5 Å². The molecule has 0 spiro atoms. The minimum atomic E-state index is -0.308. The monoisotopic (exact) mass is 432 g/mol. The Morgan fingerprint density at radius 2 is 1.83 bits per heavy atom. The lowest BCUT2D eigenvalue weighted by Gasteiger charge is -2.12. The van der Waals surface area contributed by atoms with E-state index in [1.54, 1.807) is 23.5 Å². The van der Waals surface area contributed by atoms with E-state index >= 15 is 0 Å². The molecular formula is C24H17FN2OS2. The summed E-state index contributed by atoms with van der Waals surface area (Å²) in [5.41, 5.74) is 2.83. The number of halogens is 1. The molecule has 0 radical (unpaired) electrons. The average molecular weight is 433 g/mol. The first-order valence-electron chi connectivity index (χ1n) is 9.30. The molecule has 0 fully saturated rings. The fourth-order valence-corrected chi connectivity index (χ4v) is 4.47. The van der Waals surface area contributed by atoms with Gasteiger partial charge in [-0.1, -0.05) is 36.4 Å². The number of rotatable bonds is 7. The van der Waals surface area contributed by atoms with Crippen molar-refractivity contribution in [2.45, 2.75) is 5.03 Å². The maximum absolute atomic E-state index is 13.4. The SMILES string of the molecule is N#Cc1c(-c2ccc(F)cc2)cc(-c2cccs2)nc1SCCOc1ccccc1. The van der Waals surface area contributed by atoms with Crippen molar-refractivity contribution in [1.82, 2.24) is 4.98 Å². The summed E-state index contributed by atoms with van der Waals surface area (Å²) < 4.78 is 19.2. The van der Waals surface area contributed by atoms with Gasteiger partial charge < -0.3 is 4.74 Å². The number of para-hydroxylation sites is 1. The van der Waals surface area contributed by atoms with E-state index in [4.69, 9.17) is 9.72 Å². The summed E-state index contributed by atoms with van der Waals surface area (Å²) in [6.45, 7) is 0.496. The highest BCUT2D eigenvalue weighted by atomic mass is 32.2. The van der Waals surface area contributed by atoms with E-state index in [1.165, 1.54) is 23.9 Å². The summed E-state index contributed by atoms with van der Waals surface area (Å²) in [5, 5.41) is 12.5. The van der Waals surface area contributed by atoms with Gasteiger partial charge in [0.15, 0.2) is 0 Å². The molecular weight excluding hydrogens is 415 g/mol. The first-order chi connectivity index (χ1) is 14.7. The van der Waals surface area contributed by atoms with E-state index in [-0.39, 0.29) is 5.82 Å². The van der Waals surface area contributed by atoms with E-state index in [2.05, 4.69) is 6.07 Å². The van der Waals surface area contributed by atoms with Gasteiger partial charge in [0.05, 0.1) is 22.7 Å². The molecule has 0 N–H and O–H groups in total. The molecule has 0 atom stereocenters. The molecule has 0 amide bonds. The second-order valence-electron chi connectivity index (χ2n) is 6.34. The van der Waals surface area contributed by atoms with E-state index in [0.29, 0.717) is 22.9 Å². The van der Waals surface area contributed by atoms with Crippen molar-refractivity contribution in [2.75, 3.05) is 12.4 Å². The minimum absolute atomic E-state index is 0.308. The number of thiophene rings is 1. The Balaban J connectivity index is 1.64. The lowest BCUT2D eigenvalue weighted by atomic mass is 10.0. The molecule has 0 bridgehead atoms. The fraction of sp³-hybridized carbons (Fsp3) is 0.0833. The molecule has 0 aliphatic carbocycles. The molecule has 30 heavy (non-hydrogen) atoms. The lowest BCUT2D eigenvalue weighted by molar-refractivity contribution is 0.344. The fourth-order valence-electron chi connectivity index (χ4n) is 2.96. The third-order valence-corrected chi connectivity index (χ3v) is 6.19. The van der Waals surface area contributed by atoms with Gasteiger partial charge in [0.2, 0.25) is 0 Å². The van der Waals surface area contributed by atoms with Gasteiger partial charge >= 0.3 is 0 Å². The van der Waals surface area contributed by atoms with Crippen LogP contribution in [0.5, 0.6) is 5.75 Å². The predicted octanol–water partition coefficient (Wildman–Crippen LogP) is 6.66. The van der Waals surface area contributed by atoms with Crippen molar-refractivity contribution in [3.63, 3.8) is 0 Å². The molecule has 4 aromatic rings. The van der Waals surface area contributed by atoms with Crippen LogP contribution < -0.4 is 4.74 Å². The molecule has 2 aromatic heterocycles. The van der Waals surface area contributed by atoms with Crippen LogP contribution in [0.15, 0.2) is 83.2 Å². The number of aromatic nitrogens is 1. The third kappa shape index (κ3) is 4.70. The number of benzene rings is 2. The number of hydrogen-bond donors (Lipinski definition) is 0. The Labute approximate surface area is 182 Å². The molecule has 4 rings (SSSR count). The first-order valence-corrected chi connectivity index (χ1v) is 11.2. The van der Waals surface area contributed by atoms with Crippen molar-refractivity contribution in [2.24, 2.45) is 0 Å². The van der Waals surface area contributed by atoms with Crippen LogP contribution in [0, 0.1) is 17.1 Å². The number of ether oxygens (including phenoxy) is 1. The van der Waals surface area contributed by atoms with Crippen molar-refractivity contribution in [1.29, 1.82) is 5.26 Å². The van der Waals surface area contributed by atoms with Gasteiger partial charge in [-0.15, -0.1) is 23.1 Å². The summed E-state index contributed by atoms with van der Waals surface area (Å²) >= 11 is 3.08. The third-order valence-electron chi connectivity index (χ3n) is 4.36. The highest BCUT2D eigenvalue weighted by molar-refractivity contribution is 7.99. The van der Waals surface area contributed by atoms with Gasteiger partial charge in [-0.3, -0.25) is 0 Å². The Bertz CT molecular complexity index is 1150. The zero-order chi connectivity index (χ0) is 20.8. The Morgan fingerprint density at radius 1 is 1.03 bits per heavy atom. The summed E-state index contributed by atoms with van der Waals surface area (Å²) in [5.74, 6) is 1.15. The smallest absolute Gasteiger partial charge is 0.123 e. The highest BCUT2D eigenvalue weighted by Crippen LogP contribution is 2.35. The van der Waals surface area contributed by atoms with E-state index in [9.17, 15) is 9.65 Å². The van der Waals surface area contributed by atoms with Gasteiger partial charge in [-0.05, 0) is 47.3 Å². The van der Waals surface area contributed by atoms with E-state index < -0.39 is 0 Å². The van der Waals surface area contributed by atoms with Gasteiger partial charge in [-0.25, -0.2) is 9.37 Å². The molecule has 2 aromatic carbocycles. The average Bonchev–Trinajstić information content (AvgIpc) is 3.32. The second kappa shape index (κ2) is 9.57. The van der Waals surface area contributed by atoms with Gasteiger partial charge in [-0.2, -0.15) is 5.26 Å². The molecule has 2 heterocycles. The number of hydrogen-bond acceptors (Lipinski definition) is 5. The largest absolute Gasteiger partial charge is 0.493 e. The van der Waals surface area contributed by atoms with E-state index in [1.807, 2.05) is 53.9 Å². The summed E-state index contributed by atoms with van der Waals surface area (Å²) in [4.78, 5) is 5.77. The highest BCUT2D eigenvalue weighted by Gasteiger charge is 2.16. The Kier molecular flexibility index (Phi) is 6.43. The van der Waals surface area contributed by atoms with Crippen LogP contribution in [-0.2, 0) is 0 Å². The molecule has 0 unspecified atom stereocenters. The van der Waals surface area contributed by atoms with Crippen LogP contribution >= 0.6 is 23.1 Å². The van der Waals surface area contributed by atoms with Crippen LogP contribution in [0.4, 0.5) is 4.39 Å². The standard InChI is InChI=1S/C24H17FN2OS2/c25-18-10-8-17(9-11-18)20-15-22(23-7-4-13-29-23)27-24(21(20)16-26)30-14-12-28-19-5-2-1-3-6-19/h1-11,13,15H,12,14H2. The second-order valence-corrected chi connectivity index (χ2v) is 8.37. The van der Waals surface area contributed by atoms with Gasteiger partial charge in [0.1, 0.15) is 22.7 Å². The van der Waals surface area contributed by atoms with Crippen LogP contribution in [0.3, 0.4) is 0 Å². The number of thioether (sulfide) groups is 1. The molecule has 6 heteroatoms. The zero-order valence-electron chi connectivity index (χ0n) is 15.9. The number of nitrogens with zero attached hydrogens (tertiary/aromatic N) is 2. The number of pyridine rings is 1. The maximum Gasteiger partial charge on any atom is 0.123 e. The van der Waals surface area contributed by atoms with Crippen LogP contribution in [0.25, 0.3) is 21.7 Å². The normalized spacial score (nSPS) is 10.5. The summed E-state index contributed by atoms with van der Waals surface area (Å²) in [6, 6.07) is 24.0. The summed E-state index contributed by atoms with van der Waals surface area (Å²) in [7, 11) is 0. The minimum Gasteiger partial charge on any atom is -0.493 e. The molecule has 3 nitrogen and oxygen atoms in total. The molecule has 0 saturated heterocycles. The molecule has 0 aliphatic rings. The topological polar surface area (TPSA) is 45.9 Å². The maximum atomic E-state index is 13.4. The number of nitriles is 1. The van der Waals surface area contributed by atoms with E-state index in [0.717, 1.165) is 27.4 Å². The molecule has 148 valence electrons. The van der Waals surface area contributed by atoms with Gasteiger partial charge in [0, 0.05) is 11.3 Å². The van der Waals surface area contributed by atoms with Crippen molar-refractivity contribution in [3.05, 3.63) is 89.6 Å². The summed E-state index contributed by atoms with van der Waals surface area (Å²) in [6.07, 6.45) is 0. The van der Waals surface area contributed by atoms with Crippen LogP contribution in [0.2, 0.25) is 0 Å². The lowest BCUT2D eigenvalue weighted by Crippen LogP contribution is -2.02. The Hall–Kier alpha value is -3.14. The van der Waals surface area contributed by atoms with Crippen LogP contribution in [0.1, 0.15) is 5.56 Å². The quantitative estimate of drug-likeness (QED) is 0.242. The van der Waals surface area contributed by atoms with Crippen molar-refractivity contribution >= 4 is 23.1 Å². The predicted molar refractivity (Wildman–Crippen MR) is 120 cm³/mol. The van der Waals surface area contributed by atoms with Crippen LogP contribution in [-0.4, -0.2) is 17.3 Å². The molecule has 0 saturated carbocycles. The zero-order valence-corrected chi connectivity index (χ0v) is 17.5. The first kappa shape index (κ1) is 20.1. The Morgan fingerprint density at radius 3 is 2.53 bits per heavy atom. The van der Waals surface area contributed by atoms with Gasteiger partial charge in [0.25, 0.3) is 0 Å². The van der Waals surface area contributed by atoms with Crippen molar-refractivity contribution < 1.29 is 9.13 Å².